The van der Waals surface area contributed by atoms with Crippen molar-refractivity contribution in [2.24, 2.45) is 0 Å². The van der Waals surface area contributed by atoms with E-state index in [0.717, 1.165) is 77.0 Å². The van der Waals surface area contributed by atoms with E-state index >= 15 is 0 Å². The van der Waals surface area contributed by atoms with Crippen molar-refractivity contribution in [2.75, 3.05) is 80.5 Å². The first-order valence-corrected chi connectivity index (χ1v) is 36.8. The van der Waals surface area contributed by atoms with Crippen molar-refractivity contribution in [3.8, 4) is 0 Å². The van der Waals surface area contributed by atoms with Crippen LogP contribution >= 0.6 is 60.8 Å². The van der Waals surface area contributed by atoms with Crippen LogP contribution < -0.4 is 0 Å². The van der Waals surface area contributed by atoms with Crippen molar-refractivity contribution in [1.82, 2.24) is 19.6 Å². The molecule has 0 aliphatic rings. The highest BCUT2D eigenvalue weighted by Crippen LogP contribution is 2.71. The van der Waals surface area contributed by atoms with Crippen molar-refractivity contribution < 1.29 is 141 Å². The molecule has 77 heavy (non-hydrogen) atoms. The number of unbranched alkanes of at least 4 members (excludes halogenated alkanes) is 8. The summed E-state index contributed by atoms with van der Waals surface area (Å²) < 4.78 is 88.9. The summed E-state index contributed by atoms with van der Waals surface area (Å²) in [6.45, 7) is 10.6. The van der Waals surface area contributed by atoms with Crippen LogP contribution in [0.25, 0.3) is 0 Å². The molecule has 0 rings (SSSR count). The van der Waals surface area contributed by atoms with Crippen LogP contribution in [0.1, 0.15) is 130 Å². The number of rotatable bonds is 36. The molecule has 22 N–H and O–H groups in total. The van der Waals surface area contributed by atoms with Gasteiger partial charge in [0.05, 0.1) is 0 Å². The standard InChI is InChI=1S/4C9H23NO7P2.H2O/c4*1-3-4-5-7-10(2)8-6-9(11,18(12,13)14)19(15,16)17;/h4*11H,3-8H2,1-2H3,(H2,12,13,14)(H2,15,16,17);1H2. The van der Waals surface area contributed by atoms with E-state index in [2.05, 4.69) is 0 Å². The van der Waals surface area contributed by atoms with Crippen LogP contribution in [0.4, 0.5) is 0 Å². The molecule has 0 amide bonds. The van der Waals surface area contributed by atoms with Gasteiger partial charge in [-0.05, 0) is 80.1 Å². The molecule has 0 saturated heterocycles. The van der Waals surface area contributed by atoms with E-state index < -0.39 is 107 Å². The monoisotopic (exact) mass is 1290 g/mol. The van der Waals surface area contributed by atoms with E-state index in [0.29, 0.717) is 26.2 Å². The summed E-state index contributed by atoms with van der Waals surface area (Å²) >= 11 is 0. The fraction of sp³-hybridized carbons (Fsp3) is 1.00. The predicted molar refractivity (Wildman–Crippen MR) is 286 cm³/mol. The first-order chi connectivity index (χ1) is 33.8. The molecule has 0 atom stereocenters. The zero-order valence-corrected chi connectivity index (χ0v) is 52.2. The maximum absolute atomic E-state index is 11.1. The summed E-state index contributed by atoms with van der Waals surface area (Å²) in [5.74, 6) is 0. The molecule has 33 nitrogen and oxygen atoms in total. The van der Waals surface area contributed by atoms with E-state index in [9.17, 15) is 56.9 Å². The fourth-order valence-corrected chi connectivity index (χ4v) is 14.7. The zero-order chi connectivity index (χ0) is 61.3. The van der Waals surface area contributed by atoms with E-state index in [4.69, 9.17) is 78.3 Å². The Morgan fingerprint density at radius 1 is 0.260 bits per heavy atom. The molecule has 0 heterocycles. The number of hydrogen-bond donors (Lipinski definition) is 20. The van der Waals surface area contributed by atoms with Gasteiger partial charge in [0.1, 0.15) is 0 Å². The first kappa shape index (κ1) is 86.6. The molecular formula is C36H94N4O29P8. The molecule has 0 aromatic rings. The second kappa shape index (κ2) is 37.3. The van der Waals surface area contributed by atoms with Gasteiger partial charge in [0.25, 0.3) is 20.3 Å². The van der Waals surface area contributed by atoms with Gasteiger partial charge >= 0.3 is 60.8 Å². The zero-order valence-electron chi connectivity index (χ0n) is 45.0. The lowest BCUT2D eigenvalue weighted by Gasteiger charge is -2.30. The maximum Gasteiger partial charge on any atom is 0.369 e. The Kier molecular flexibility index (Phi) is 42.0. The highest BCUT2D eigenvalue weighted by atomic mass is 31.3. The van der Waals surface area contributed by atoms with Gasteiger partial charge in [0.2, 0.25) is 0 Å². The Morgan fingerprint density at radius 2 is 0.377 bits per heavy atom. The largest absolute Gasteiger partial charge is 0.412 e. The molecule has 0 saturated carbocycles. The Labute approximate surface area is 451 Å². The SMILES string of the molecule is CCCCCN(C)CCC(O)(P(=O)(O)O)P(=O)(O)O.CCCCCN(C)CCC(O)(P(=O)(O)O)P(=O)(O)O.CCCCCN(C)CCC(O)(P(=O)(O)O)P(=O)(O)O.CCCCCN(C)CCC(O)(P(=O)(O)O)P(=O)(O)O.O. The molecule has 0 spiro atoms. The van der Waals surface area contributed by atoms with Crippen LogP contribution in [0, 0.1) is 0 Å². The minimum Gasteiger partial charge on any atom is -0.412 e. The van der Waals surface area contributed by atoms with Gasteiger partial charge in [0.15, 0.2) is 0 Å². The lowest BCUT2D eigenvalue weighted by Crippen LogP contribution is -2.34. The molecule has 0 aliphatic heterocycles. The smallest absolute Gasteiger partial charge is 0.369 e. The van der Waals surface area contributed by atoms with Crippen LogP contribution in [0.3, 0.4) is 0 Å². The lowest BCUT2D eigenvalue weighted by atomic mass is 10.2. The van der Waals surface area contributed by atoms with Gasteiger partial charge < -0.3 is 124 Å². The molecule has 0 aromatic carbocycles. The molecule has 41 heteroatoms. The highest BCUT2D eigenvalue weighted by Gasteiger charge is 2.61. The third-order valence-corrected chi connectivity index (χ3v) is 27.1. The summed E-state index contributed by atoms with van der Waals surface area (Å²) in [5.41, 5.74) is 0. The van der Waals surface area contributed by atoms with E-state index in [-0.39, 0.29) is 31.7 Å². The maximum atomic E-state index is 11.1. The lowest BCUT2D eigenvalue weighted by molar-refractivity contribution is 0.111. The van der Waals surface area contributed by atoms with Gasteiger partial charge in [-0.3, -0.25) is 36.5 Å². The molecular weight excluding hydrogens is 1200 g/mol. The highest BCUT2D eigenvalue weighted by molar-refractivity contribution is 7.73. The van der Waals surface area contributed by atoms with Gasteiger partial charge in [-0.2, -0.15) is 0 Å². The molecule has 0 bridgehead atoms. The predicted octanol–water partition coefficient (Wildman–Crippen LogP) is 1.18. The van der Waals surface area contributed by atoms with E-state index in [1.807, 2.05) is 27.7 Å². The van der Waals surface area contributed by atoms with Crippen molar-refractivity contribution in [2.45, 2.75) is 151 Å². The second-order valence-corrected chi connectivity index (χ2v) is 34.5. The molecule has 0 aromatic heterocycles. The third-order valence-electron chi connectivity index (χ3n) is 11.6. The summed E-state index contributed by atoms with van der Waals surface area (Å²) in [6.07, 6.45) is 8.76. The van der Waals surface area contributed by atoms with Crippen molar-refractivity contribution in [3.05, 3.63) is 0 Å². The minimum absolute atomic E-state index is 0. The van der Waals surface area contributed by atoms with Crippen molar-refractivity contribution in [3.63, 3.8) is 0 Å². The average molecular weight is 1290 g/mol. The van der Waals surface area contributed by atoms with Crippen molar-refractivity contribution >= 4 is 60.8 Å². The van der Waals surface area contributed by atoms with Crippen LogP contribution in [0.5, 0.6) is 0 Å². The number of hydrogen-bond acceptors (Lipinski definition) is 16. The molecule has 472 valence electrons. The van der Waals surface area contributed by atoms with Crippen LogP contribution in [0.2, 0.25) is 0 Å². The quantitative estimate of drug-likeness (QED) is 0.0309. The Hall–Kier alpha value is 0.840. The van der Waals surface area contributed by atoms with Crippen LogP contribution in [-0.4, -0.2) is 225 Å². The second-order valence-electron chi connectivity index (χ2n) is 18.5. The fourth-order valence-electron chi connectivity index (χ4n) is 6.18. The summed E-state index contributed by atoms with van der Waals surface area (Å²) in [6, 6.07) is 0. The molecule has 0 radical (unpaired) electrons. The van der Waals surface area contributed by atoms with Crippen LogP contribution in [0.15, 0.2) is 0 Å². The number of nitrogens with zero attached hydrogens (tertiary/aromatic N) is 4. The summed E-state index contributed by atoms with van der Waals surface area (Å²) in [4.78, 5) is 150. The van der Waals surface area contributed by atoms with Gasteiger partial charge in [-0.15, -0.1) is 0 Å². The van der Waals surface area contributed by atoms with Crippen molar-refractivity contribution in [1.29, 1.82) is 0 Å². The van der Waals surface area contributed by atoms with E-state index in [1.165, 1.54) is 0 Å². The molecule has 0 aliphatic carbocycles. The first-order valence-electron chi connectivity index (χ1n) is 23.9. The van der Waals surface area contributed by atoms with Crippen LogP contribution in [-0.2, 0) is 36.5 Å². The minimum atomic E-state index is -5.33. The summed E-state index contributed by atoms with van der Waals surface area (Å²) in [5, 5.41) is 25.4. The van der Waals surface area contributed by atoms with Gasteiger partial charge in [0, 0.05) is 51.9 Å². The topological polar surface area (TPSA) is 586 Å². The van der Waals surface area contributed by atoms with Gasteiger partial charge in [-0.25, -0.2) is 0 Å². The molecule has 0 unspecified atom stereocenters. The Bertz CT molecular complexity index is 1650. The van der Waals surface area contributed by atoms with Gasteiger partial charge in [-0.1, -0.05) is 79.1 Å². The third kappa shape index (κ3) is 31.5. The number of aliphatic hydroxyl groups is 4. The van der Waals surface area contributed by atoms with E-state index in [1.54, 1.807) is 47.8 Å². The Morgan fingerprint density at radius 3 is 0.468 bits per heavy atom. The average Bonchev–Trinajstić information content (AvgIpc) is 3.23. The Balaban J connectivity index is -0.000000298. The summed E-state index contributed by atoms with van der Waals surface area (Å²) in [7, 11) is -36.0. The normalized spacial score (nSPS) is 13.9. The molecule has 0 fully saturated rings.